The Hall–Kier alpha value is -2.57. The summed E-state index contributed by atoms with van der Waals surface area (Å²) >= 11 is 0. The summed E-state index contributed by atoms with van der Waals surface area (Å²) in [6.07, 6.45) is 6.02. The molecule has 0 N–H and O–H groups in total. The van der Waals surface area contributed by atoms with E-state index in [1.165, 1.54) is 0 Å². The minimum absolute atomic E-state index is 0.136. The minimum atomic E-state index is -0.365. The van der Waals surface area contributed by atoms with E-state index in [0.29, 0.717) is 6.04 Å². The number of nitro groups is 1. The number of piperidine rings is 1. The highest BCUT2D eigenvalue weighted by atomic mass is 16.6. The smallest absolute Gasteiger partial charge is 0.269 e. The quantitative estimate of drug-likeness (QED) is 0.641. The molecule has 0 saturated carbocycles. The molecule has 0 unspecified atom stereocenters. The number of rotatable bonds is 4. The van der Waals surface area contributed by atoms with Crippen molar-refractivity contribution in [3.8, 4) is 0 Å². The fourth-order valence-electron chi connectivity index (χ4n) is 2.93. The molecule has 2 aromatic rings. The van der Waals surface area contributed by atoms with Crippen LogP contribution in [0, 0.1) is 10.1 Å². The van der Waals surface area contributed by atoms with E-state index in [0.717, 1.165) is 37.3 Å². The van der Waals surface area contributed by atoms with E-state index < -0.39 is 0 Å². The average molecular weight is 315 g/mol. The monoisotopic (exact) mass is 315 g/mol. The third kappa shape index (κ3) is 3.28. The van der Waals surface area contributed by atoms with Crippen molar-refractivity contribution in [2.75, 3.05) is 37.0 Å². The van der Waals surface area contributed by atoms with E-state index in [1.807, 2.05) is 32.4 Å². The zero-order valence-electron chi connectivity index (χ0n) is 13.4. The first-order chi connectivity index (χ1) is 11.0. The molecule has 0 atom stereocenters. The molecule has 0 spiro atoms. The minimum Gasteiger partial charge on any atom is -0.375 e. The Kier molecular flexibility index (Phi) is 4.18. The van der Waals surface area contributed by atoms with Gasteiger partial charge in [0.1, 0.15) is 0 Å². The van der Waals surface area contributed by atoms with Crippen LogP contribution in [0.25, 0.3) is 0 Å². The SMILES string of the molecule is CN(C)c1cnn(C2CCN(c3ccc([N+](=O)[O-])cc3)CC2)c1. The highest BCUT2D eigenvalue weighted by Gasteiger charge is 2.22. The number of non-ortho nitro benzene ring substituents is 1. The number of hydrogen-bond donors (Lipinski definition) is 0. The van der Waals surface area contributed by atoms with Crippen molar-refractivity contribution in [3.05, 3.63) is 46.8 Å². The first-order valence-corrected chi connectivity index (χ1v) is 7.75. The second-order valence-corrected chi connectivity index (χ2v) is 6.06. The van der Waals surface area contributed by atoms with Crippen molar-refractivity contribution in [1.29, 1.82) is 0 Å². The molecule has 0 aliphatic carbocycles. The number of nitro benzene ring substituents is 1. The van der Waals surface area contributed by atoms with Gasteiger partial charge in [0, 0.05) is 51.2 Å². The van der Waals surface area contributed by atoms with E-state index in [4.69, 9.17) is 0 Å². The molecular formula is C16H21N5O2. The van der Waals surface area contributed by atoms with E-state index >= 15 is 0 Å². The first kappa shape index (κ1) is 15.3. The summed E-state index contributed by atoms with van der Waals surface area (Å²) in [5, 5.41) is 15.2. The number of hydrogen-bond acceptors (Lipinski definition) is 5. The molecule has 122 valence electrons. The van der Waals surface area contributed by atoms with Gasteiger partial charge in [0.2, 0.25) is 0 Å². The summed E-state index contributed by atoms with van der Waals surface area (Å²) in [7, 11) is 4.02. The molecule has 1 aliphatic heterocycles. The van der Waals surface area contributed by atoms with Gasteiger partial charge in [-0.25, -0.2) is 0 Å². The topological polar surface area (TPSA) is 67.4 Å². The van der Waals surface area contributed by atoms with Crippen molar-refractivity contribution >= 4 is 17.1 Å². The summed E-state index contributed by atoms with van der Waals surface area (Å²) in [6.45, 7) is 1.86. The lowest BCUT2D eigenvalue weighted by atomic mass is 10.0. The first-order valence-electron chi connectivity index (χ1n) is 7.75. The Labute approximate surface area is 135 Å². The standard InChI is InChI=1S/C16H21N5O2/c1-18(2)16-11-17-20(12-16)14-7-9-19(10-8-14)13-3-5-15(6-4-13)21(22)23/h3-6,11-12,14H,7-10H2,1-2H3. The van der Waals surface area contributed by atoms with Crippen molar-refractivity contribution in [1.82, 2.24) is 9.78 Å². The molecular weight excluding hydrogens is 294 g/mol. The Balaban J connectivity index is 1.62. The molecule has 1 aliphatic rings. The zero-order valence-corrected chi connectivity index (χ0v) is 13.4. The molecule has 1 aromatic heterocycles. The van der Waals surface area contributed by atoms with Gasteiger partial charge in [0.05, 0.1) is 22.8 Å². The van der Waals surface area contributed by atoms with Gasteiger partial charge in [-0.15, -0.1) is 0 Å². The summed E-state index contributed by atoms with van der Waals surface area (Å²) in [6, 6.07) is 7.21. The lowest BCUT2D eigenvalue weighted by molar-refractivity contribution is -0.384. The number of nitrogens with zero attached hydrogens (tertiary/aromatic N) is 5. The van der Waals surface area contributed by atoms with Gasteiger partial charge in [-0.1, -0.05) is 0 Å². The Morgan fingerprint density at radius 1 is 1.22 bits per heavy atom. The summed E-state index contributed by atoms with van der Waals surface area (Å²) < 4.78 is 2.06. The molecule has 0 bridgehead atoms. The number of aromatic nitrogens is 2. The van der Waals surface area contributed by atoms with Crippen LogP contribution < -0.4 is 9.80 Å². The van der Waals surface area contributed by atoms with Crippen LogP contribution in [0.4, 0.5) is 17.1 Å². The van der Waals surface area contributed by atoms with Crippen molar-refractivity contribution < 1.29 is 4.92 Å². The second kappa shape index (κ2) is 6.28. The maximum Gasteiger partial charge on any atom is 0.269 e. The van der Waals surface area contributed by atoms with Gasteiger partial charge >= 0.3 is 0 Å². The van der Waals surface area contributed by atoms with E-state index in [2.05, 4.69) is 25.8 Å². The second-order valence-electron chi connectivity index (χ2n) is 6.06. The van der Waals surface area contributed by atoms with Crippen molar-refractivity contribution in [3.63, 3.8) is 0 Å². The predicted molar refractivity (Wildman–Crippen MR) is 90.1 cm³/mol. The average Bonchev–Trinajstić information content (AvgIpc) is 3.05. The van der Waals surface area contributed by atoms with Gasteiger partial charge in [0.25, 0.3) is 5.69 Å². The molecule has 7 heteroatoms. The van der Waals surface area contributed by atoms with Crippen molar-refractivity contribution in [2.24, 2.45) is 0 Å². The molecule has 3 rings (SSSR count). The maximum absolute atomic E-state index is 10.7. The van der Waals surface area contributed by atoms with Crippen LogP contribution >= 0.6 is 0 Å². The zero-order chi connectivity index (χ0) is 16.4. The predicted octanol–water partition coefficient (Wildman–Crippen LogP) is 2.70. The van der Waals surface area contributed by atoms with Gasteiger partial charge in [-0.05, 0) is 25.0 Å². The van der Waals surface area contributed by atoms with Crippen LogP contribution in [0.2, 0.25) is 0 Å². The van der Waals surface area contributed by atoms with Crippen molar-refractivity contribution in [2.45, 2.75) is 18.9 Å². The van der Waals surface area contributed by atoms with E-state index in [-0.39, 0.29) is 10.6 Å². The van der Waals surface area contributed by atoms with Gasteiger partial charge in [-0.2, -0.15) is 5.10 Å². The van der Waals surface area contributed by atoms with Crippen LogP contribution in [0.15, 0.2) is 36.7 Å². The third-order valence-electron chi connectivity index (χ3n) is 4.37. The van der Waals surface area contributed by atoms with E-state index in [9.17, 15) is 10.1 Å². The molecule has 7 nitrogen and oxygen atoms in total. The molecule has 2 heterocycles. The Morgan fingerprint density at radius 3 is 2.39 bits per heavy atom. The molecule has 1 aromatic carbocycles. The number of benzene rings is 1. The fourth-order valence-corrected chi connectivity index (χ4v) is 2.93. The molecule has 23 heavy (non-hydrogen) atoms. The summed E-state index contributed by atoms with van der Waals surface area (Å²) in [5.74, 6) is 0. The van der Waals surface area contributed by atoms with E-state index in [1.54, 1.807) is 12.1 Å². The largest absolute Gasteiger partial charge is 0.375 e. The lowest BCUT2D eigenvalue weighted by Crippen LogP contribution is -2.34. The highest BCUT2D eigenvalue weighted by molar-refractivity contribution is 5.51. The van der Waals surface area contributed by atoms with Crippen LogP contribution in [0.3, 0.4) is 0 Å². The summed E-state index contributed by atoms with van der Waals surface area (Å²) in [4.78, 5) is 14.7. The molecule has 1 saturated heterocycles. The molecule has 1 fully saturated rings. The van der Waals surface area contributed by atoms with Gasteiger partial charge in [-0.3, -0.25) is 14.8 Å². The molecule has 0 amide bonds. The van der Waals surface area contributed by atoms with Crippen LogP contribution in [-0.2, 0) is 0 Å². The Morgan fingerprint density at radius 2 is 1.87 bits per heavy atom. The highest BCUT2D eigenvalue weighted by Crippen LogP contribution is 2.28. The number of anilines is 2. The van der Waals surface area contributed by atoms with Crippen LogP contribution in [-0.4, -0.2) is 41.9 Å². The fraction of sp³-hybridized carbons (Fsp3) is 0.438. The van der Waals surface area contributed by atoms with Gasteiger partial charge in [0.15, 0.2) is 0 Å². The lowest BCUT2D eigenvalue weighted by Gasteiger charge is -2.33. The van der Waals surface area contributed by atoms with Crippen LogP contribution in [0.1, 0.15) is 18.9 Å². The van der Waals surface area contributed by atoms with Crippen LogP contribution in [0.5, 0.6) is 0 Å². The summed E-state index contributed by atoms with van der Waals surface area (Å²) in [5.41, 5.74) is 2.29. The Bertz CT molecular complexity index is 672. The third-order valence-corrected chi connectivity index (χ3v) is 4.37. The normalized spacial score (nSPS) is 15.7. The maximum atomic E-state index is 10.7. The van der Waals surface area contributed by atoms with Gasteiger partial charge < -0.3 is 9.80 Å². The molecule has 0 radical (unpaired) electrons.